The van der Waals surface area contributed by atoms with Crippen LogP contribution in [0.5, 0.6) is 0 Å². The Kier molecular flexibility index (Phi) is 6.80. The number of allylic oxidation sites excluding steroid dienone is 2. The molecule has 0 saturated heterocycles. The average Bonchev–Trinajstić information content (AvgIpc) is 2.73. The van der Waals surface area contributed by atoms with E-state index < -0.39 is 5.97 Å². The lowest BCUT2D eigenvalue weighted by Crippen LogP contribution is -2.36. The summed E-state index contributed by atoms with van der Waals surface area (Å²) in [6, 6.07) is 8.84. The van der Waals surface area contributed by atoms with Crippen molar-refractivity contribution in [3.63, 3.8) is 0 Å². The molecule has 5 heteroatoms. The summed E-state index contributed by atoms with van der Waals surface area (Å²) in [5, 5.41) is 4.15. The molecule has 5 nitrogen and oxygen atoms in total. The fourth-order valence-electron chi connectivity index (χ4n) is 4.06. The highest BCUT2D eigenvalue weighted by Gasteiger charge is 2.41. The van der Waals surface area contributed by atoms with Crippen LogP contribution in [0.25, 0.3) is 0 Å². The molecule has 0 N–H and O–H groups in total. The Hall–Kier alpha value is -2.69. The van der Waals surface area contributed by atoms with Crippen molar-refractivity contribution in [1.82, 2.24) is 0 Å². The van der Waals surface area contributed by atoms with Crippen molar-refractivity contribution in [2.45, 2.75) is 45.4 Å². The van der Waals surface area contributed by atoms with Gasteiger partial charge in [-0.15, -0.1) is 0 Å². The van der Waals surface area contributed by atoms with Crippen molar-refractivity contribution in [3.8, 4) is 0 Å². The third kappa shape index (κ3) is 4.41. The molecule has 2 unspecified atom stereocenters. The number of oxime groups is 1. The lowest BCUT2D eigenvalue weighted by atomic mass is 9.69. The summed E-state index contributed by atoms with van der Waals surface area (Å²) in [5.41, 5.74) is 1.43. The van der Waals surface area contributed by atoms with Gasteiger partial charge in [0.15, 0.2) is 5.78 Å². The van der Waals surface area contributed by atoms with Crippen LogP contribution in [0.1, 0.15) is 55.8 Å². The van der Waals surface area contributed by atoms with Gasteiger partial charge >= 0.3 is 5.97 Å². The number of ketones is 1. The number of esters is 1. The molecular formula is C23H27NO4. The maximum atomic E-state index is 13.3. The number of nitrogens with zero attached hydrogens (tertiary/aromatic N) is 1. The molecule has 0 aromatic heterocycles. The van der Waals surface area contributed by atoms with Crippen molar-refractivity contribution in [3.05, 3.63) is 59.9 Å². The number of benzene rings is 1. The highest BCUT2D eigenvalue weighted by molar-refractivity contribution is 6.23. The smallest absolute Gasteiger partial charge is 0.343 e. The van der Waals surface area contributed by atoms with E-state index in [0.29, 0.717) is 35.4 Å². The molecule has 0 heterocycles. The normalized spacial score (nSPS) is 22.5. The molecule has 0 spiro atoms. The van der Waals surface area contributed by atoms with E-state index in [0.717, 1.165) is 25.7 Å². The first-order chi connectivity index (χ1) is 13.7. The molecule has 0 bridgehead atoms. The second kappa shape index (κ2) is 9.49. The fourth-order valence-corrected chi connectivity index (χ4v) is 4.06. The Labute approximate surface area is 166 Å². The van der Waals surface area contributed by atoms with Crippen LogP contribution in [0.3, 0.4) is 0 Å². The molecule has 0 radical (unpaired) electrons. The van der Waals surface area contributed by atoms with E-state index in [1.54, 1.807) is 30.3 Å². The zero-order valence-electron chi connectivity index (χ0n) is 16.4. The van der Waals surface area contributed by atoms with Crippen molar-refractivity contribution < 1.29 is 19.2 Å². The standard InChI is InChI=1S/C23H27NO4/c1-3-14-27-24-19(4-2)21-20(28-23(26)16-10-6-5-7-11-16)15-17-12-8-9-13-18(17)22(21)25/h3,5-7,10-11,17-18H,1,4,8-9,12-15H2,2H3/b24-19-. The van der Waals surface area contributed by atoms with Crippen LogP contribution in [0.2, 0.25) is 0 Å². The second-order valence-electron chi connectivity index (χ2n) is 7.25. The Morgan fingerprint density at radius 3 is 2.71 bits per heavy atom. The van der Waals surface area contributed by atoms with E-state index in [-0.39, 0.29) is 24.2 Å². The largest absolute Gasteiger partial charge is 0.427 e. The number of carbonyl (C=O) groups is 2. The van der Waals surface area contributed by atoms with E-state index in [1.807, 2.05) is 13.0 Å². The molecule has 1 fully saturated rings. The highest BCUT2D eigenvalue weighted by Crippen LogP contribution is 2.42. The SMILES string of the molecule is C=CCO/N=C(/CC)C1=C(OC(=O)c2ccccc2)CC2CCCCC2C1=O. The summed E-state index contributed by atoms with van der Waals surface area (Å²) in [4.78, 5) is 31.2. The third-order valence-electron chi connectivity index (χ3n) is 5.43. The van der Waals surface area contributed by atoms with Gasteiger partial charge in [-0.2, -0.15) is 0 Å². The van der Waals surface area contributed by atoms with Gasteiger partial charge in [0.05, 0.1) is 16.8 Å². The van der Waals surface area contributed by atoms with Crippen molar-refractivity contribution in [2.24, 2.45) is 17.0 Å². The van der Waals surface area contributed by atoms with E-state index in [2.05, 4.69) is 11.7 Å². The highest BCUT2D eigenvalue weighted by atomic mass is 16.6. The minimum atomic E-state index is -0.447. The van der Waals surface area contributed by atoms with Gasteiger partial charge in [-0.05, 0) is 37.3 Å². The van der Waals surface area contributed by atoms with Gasteiger partial charge < -0.3 is 9.57 Å². The number of Topliss-reactive ketones (excluding diaryl/α,β-unsaturated/α-hetero) is 1. The summed E-state index contributed by atoms with van der Waals surface area (Å²) < 4.78 is 5.76. The quantitative estimate of drug-likeness (QED) is 0.223. The zero-order valence-corrected chi connectivity index (χ0v) is 16.4. The molecule has 148 valence electrons. The monoisotopic (exact) mass is 381 g/mol. The number of carbonyl (C=O) groups excluding carboxylic acids is 2. The molecule has 2 aliphatic rings. The number of rotatable bonds is 7. The van der Waals surface area contributed by atoms with Crippen LogP contribution >= 0.6 is 0 Å². The Morgan fingerprint density at radius 1 is 1.25 bits per heavy atom. The topological polar surface area (TPSA) is 65.0 Å². The zero-order chi connectivity index (χ0) is 19.9. The number of hydrogen-bond acceptors (Lipinski definition) is 5. The summed E-state index contributed by atoms with van der Waals surface area (Å²) in [6.45, 7) is 5.79. The van der Waals surface area contributed by atoms with Gasteiger partial charge in [0.1, 0.15) is 12.4 Å². The predicted molar refractivity (Wildman–Crippen MR) is 108 cm³/mol. The summed E-state index contributed by atoms with van der Waals surface area (Å²) in [7, 11) is 0. The molecule has 1 saturated carbocycles. The van der Waals surface area contributed by atoms with Gasteiger partial charge in [-0.3, -0.25) is 4.79 Å². The molecule has 3 rings (SSSR count). The fraction of sp³-hybridized carbons (Fsp3) is 0.435. The maximum absolute atomic E-state index is 13.3. The second-order valence-corrected chi connectivity index (χ2v) is 7.25. The van der Waals surface area contributed by atoms with Crippen LogP contribution in [0.4, 0.5) is 0 Å². The molecule has 28 heavy (non-hydrogen) atoms. The first-order valence-electron chi connectivity index (χ1n) is 10.00. The van der Waals surface area contributed by atoms with Crippen LogP contribution in [-0.4, -0.2) is 24.1 Å². The first-order valence-corrected chi connectivity index (χ1v) is 10.00. The summed E-state index contributed by atoms with van der Waals surface area (Å²) in [6.07, 6.45) is 6.75. The molecule has 2 atom stereocenters. The van der Waals surface area contributed by atoms with Crippen LogP contribution in [0, 0.1) is 11.8 Å². The predicted octanol–water partition coefficient (Wildman–Crippen LogP) is 4.85. The molecular weight excluding hydrogens is 354 g/mol. The van der Waals surface area contributed by atoms with Crippen LogP contribution < -0.4 is 0 Å². The minimum Gasteiger partial charge on any atom is -0.427 e. The van der Waals surface area contributed by atoms with E-state index >= 15 is 0 Å². The maximum Gasteiger partial charge on any atom is 0.343 e. The number of ether oxygens (including phenoxy) is 1. The minimum absolute atomic E-state index is 0.0147. The molecule has 0 aliphatic heterocycles. The number of hydrogen-bond donors (Lipinski definition) is 0. The van der Waals surface area contributed by atoms with Gasteiger partial charge in [0.25, 0.3) is 0 Å². The summed E-state index contributed by atoms with van der Waals surface area (Å²) >= 11 is 0. The van der Waals surface area contributed by atoms with E-state index in [9.17, 15) is 9.59 Å². The Balaban J connectivity index is 1.96. The van der Waals surface area contributed by atoms with E-state index in [1.165, 1.54) is 0 Å². The third-order valence-corrected chi connectivity index (χ3v) is 5.43. The average molecular weight is 381 g/mol. The lowest BCUT2D eigenvalue weighted by molar-refractivity contribution is -0.122. The van der Waals surface area contributed by atoms with Gasteiger partial charge in [-0.1, -0.05) is 55.8 Å². The molecule has 2 aliphatic carbocycles. The Bertz CT molecular complexity index is 794. The lowest BCUT2D eigenvalue weighted by Gasteiger charge is -2.36. The van der Waals surface area contributed by atoms with Gasteiger partial charge in [0, 0.05) is 12.3 Å². The molecule has 1 aromatic rings. The van der Waals surface area contributed by atoms with Crippen molar-refractivity contribution >= 4 is 17.5 Å². The molecule has 0 amide bonds. The van der Waals surface area contributed by atoms with E-state index in [4.69, 9.17) is 9.57 Å². The van der Waals surface area contributed by atoms with Gasteiger partial charge in [-0.25, -0.2) is 4.79 Å². The van der Waals surface area contributed by atoms with Crippen LogP contribution in [-0.2, 0) is 14.4 Å². The first kappa shape index (κ1) is 20.1. The molecule has 1 aromatic carbocycles. The van der Waals surface area contributed by atoms with Crippen molar-refractivity contribution in [2.75, 3.05) is 6.61 Å². The summed E-state index contributed by atoms with van der Waals surface area (Å²) in [5.74, 6) is 0.242. The van der Waals surface area contributed by atoms with Crippen LogP contribution in [0.15, 0.2) is 59.5 Å². The number of fused-ring (bicyclic) bond motifs is 1. The Morgan fingerprint density at radius 2 is 2.00 bits per heavy atom. The van der Waals surface area contributed by atoms with Crippen molar-refractivity contribution in [1.29, 1.82) is 0 Å². The van der Waals surface area contributed by atoms with Gasteiger partial charge in [0.2, 0.25) is 0 Å².